The Hall–Kier alpha value is -3.50. The number of allylic oxidation sites excluding steroid dienone is 1. The summed E-state index contributed by atoms with van der Waals surface area (Å²) in [5, 5.41) is 0. The van der Waals surface area contributed by atoms with Gasteiger partial charge in [0.05, 0.1) is 28.5 Å². The van der Waals surface area contributed by atoms with Gasteiger partial charge in [-0.3, -0.25) is 9.36 Å². The molecule has 0 radical (unpaired) electrons. The zero-order valence-corrected chi connectivity index (χ0v) is 24.8. The molecule has 2 heterocycles. The van der Waals surface area contributed by atoms with Crippen molar-refractivity contribution in [2.24, 2.45) is 4.99 Å². The Bertz CT molecular complexity index is 1720. The minimum absolute atomic E-state index is 0.197. The molecule has 1 aromatic heterocycles. The number of rotatable bonds is 7. The number of carbonyl (C=O) groups is 1. The van der Waals surface area contributed by atoms with Gasteiger partial charge in [0.25, 0.3) is 5.56 Å². The van der Waals surface area contributed by atoms with Crippen LogP contribution in [0.5, 0.6) is 5.75 Å². The first-order valence-electron chi connectivity index (χ1n) is 12.6. The average Bonchev–Trinajstić information content (AvgIpc) is 3.23. The number of carbonyl (C=O) groups excluding carboxylic acids is 1. The first kappa shape index (κ1) is 27.1. The highest BCUT2D eigenvalue weighted by molar-refractivity contribution is 14.1. The summed E-state index contributed by atoms with van der Waals surface area (Å²) in [5.74, 6) is 0.292. The number of hydrogen-bond donors (Lipinski definition) is 0. The number of fused-ring (bicyclic) bond motifs is 1. The zero-order chi connectivity index (χ0) is 27.5. The molecular formula is C31H27IN2O4S. The fraction of sp³-hybridized carbons (Fsp3) is 0.194. The monoisotopic (exact) mass is 650 g/mol. The van der Waals surface area contributed by atoms with E-state index in [1.807, 2.05) is 61.5 Å². The fourth-order valence-electron chi connectivity index (χ4n) is 4.41. The standard InChI is InChI=1S/C31H27IN2O4S/c1-4-37-30(36)27-20(3)33-31-34(28(27)23-11-5-19(2)6-12-23)29(35)26(39-31)17-21-9-15-25(16-10-21)38-18-22-7-13-24(32)14-8-22/h5-17,28H,4,18H2,1-3H3/b26-17+/t28-/m1/s1. The highest BCUT2D eigenvalue weighted by Crippen LogP contribution is 2.30. The minimum atomic E-state index is -0.611. The van der Waals surface area contributed by atoms with Crippen LogP contribution in [0, 0.1) is 10.5 Å². The van der Waals surface area contributed by atoms with Crippen LogP contribution in [0.2, 0.25) is 0 Å². The van der Waals surface area contributed by atoms with Crippen LogP contribution in [-0.4, -0.2) is 17.1 Å². The molecule has 0 fully saturated rings. The average molecular weight is 651 g/mol. The molecule has 0 spiro atoms. The third-order valence-corrected chi connectivity index (χ3v) is 8.11. The SMILES string of the molecule is CCOC(=O)C1=C(C)N=c2s/c(=C/c3ccc(OCc4ccc(I)cc4)cc3)c(=O)n2[C@@H]1c1ccc(C)cc1. The van der Waals surface area contributed by atoms with Crippen LogP contribution in [0.4, 0.5) is 0 Å². The molecule has 1 atom stereocenters. The van der Waals surface area contributed by atoms with E-state index in [0.29, 0.717) is 27.2 Å². The number of hydrogen-bond acceptors (Lipinski definition) is 6. The number of benzene rings is 3. The van der Waals surface area contributed by atoms with Gasteiger partial charge in [-0.25, -0.2) is 9.79 Å². The normalized spacial score (nSPS) is 15.1. The van der Waals surface area contributed by atoms with E-state index >= 15 is 0 Å². The molecule has 39 heavy (non-hydrogen) atoms. The lowest BCUT2D eigenvalue weighted by Gasteiger charge is -2.24. The highest BCUT2D eigenvalue weighted by atomic mass is 127. The van der Waals surface area contributed by atoms with Crippen molar-refractivity contribution >= 4 is 46.0 Å². The number of esters is 1. The fourth-order valence-corrected chi connectivity index (χ4v) is 5.82. The molecule has 198 valence electrons. The Morgan fingerprint density at radius 2 is 1.72 bits per heavy atom. The van der Waals surface area contributed by atoms with Gasteiger partial charge < -0.3 is 9.47 Å². The van der Waals surface area contributed by atoms with E-state index < -0.39 is 12.0 Å². The van der Waals surface area contributed by atoms with Gasteiger partial charge in [0.15, 0.2) is 4.80 Å². The smallest absolute Gasteiger partial charge is 0.338 e. The molecule has 1 aliphatic rings. The predicted molar refractivity (Wildman–Crippen MR) is 162 cm³/mol. The maximum atomic E-state index is 13.7. The first-order valence-corrected chi connectivity index (χ1v) is 14.5. The number of halogens is 1. The van der Waals surface area contributed by atoms with Crippen LogP contribution in [0.15, 0.2) is 93.9 Å². The van der Waals surface area contributed by atoms with Gasteiger partial charge in [-0.05, 0) is 90.4 Å². The van der Waals surface area contributed by atoms with E-state index in [1.54, 1.807) is 18.4 Å². The quantitative estimate of drug-likeness (QED) is 0.202. The summed E-state index contributed by atoms with van der Waals surface area (Å²) in [6, 6.07) is 23.1. The molecule has 8 heteroatoms. The Labute approximate surface area is 244 Å². The van der Waals surface area contributed by atoms with E-state index in [1.165, 1.54) is 14.9 Å². The molecular weight excluding hydrogens is 623 g/mol. The maximum Gasteiger partial charge on any atom is 0.338 e. The van der Waals surface area contributed by atoms with Gasteiger partial charge in [0, 0.05) is 3.57 Å². The lowest BCUT2D eigenvalue weighted by atomic mass is 9.95. The number of aryl methyl sites for hydroxylation is 1. The van der Waals surface area contributed by atoms with Crippen molar-refractivity contribution in [1.29, 1.82) is 0 Å². The van der Waals surface area contributed by atoms with Crippen molar-refractivity contribution in [3.05, 3.63) is 130 Å². The number of ether oxygens (including phenoxy) is 2. The predicted octanol–water partition coefficient (Wildman–Crippen LogP) is 5.29. The van der Waals surface area contributed by atoms with Crippen molar-refractivity contribution in [3.8, 4) is 5.75 Å². The summed E-state index contributed by atoms with van der Waals surface area (Å²) in [6.07, 6.45) is 1.85. The van der Waals surface area contributed by atoms with Crippen LogP contribution >= 0.6 is 33.9 Å². The first-order chi connectivity index (χ1) is 18.8. The molecule has 3 aromatic carbocycles. The third kappa shape index (κ3) is 5.91. The van der Waals surface area contributed by atoms with Gasteiger partial charge in [0.1, 0.15) is 12.4 Å². The van der Waals surface area contributed by atoms with E-state index in [-0.39, 0.29) is 12.2 Å². The van der Waals surface area contributed by atoms with Crippen LogP contribution in [0.1, 0.15) is 42.1 Å². The van der Waals surface area contributed by atoms with Crippen molar-refractivity contribution in [2.75, 3.05) is 6.61 Å². The Morgan fingerprint density at radius 3 is 2.38 bits per heavy atom. The van der Waals surface area contributed by atoms with Gasteiger partial charge in [-0.2, -0.15) is 0 Å². The molecule has 4 aromatic rings. The van der Waals surface area contributed by atoms with Crippen LogP contribution in [0.3, 0.4) is 0 Å². The molecule has 6 nitrogen and oxygen atoms in total. The highest BCUT2D eigenvalue weighted by Gasteiger charge is 2.33. The molecule has 0 saturated carbocycles. The lowest BCUT2D eigenvalue weighted by Crippen LogP contribution is -2.39. The van der Waals surface area contributed by atoms with Crippen molar-refractivity contribution in [1.82, 2.24) is 4.57 Å². The lowest BCUT2D eigenvalue weighted by molar-refractivity contribution is -0.139. The zero-order valence-electron chi connectivity index (χ0n) is 21.8. The largest absolute Gasteiger partial charge is 0.489 e. The van der Waals surface area contributed by atoms with E-state index in [2.05, 4.69) is 51.8 Å². The minimum Gasteiger partial charge on any atom is -0.489 e. The van der Waals surface area contributed by atoms with Gasteiger partial charge >= 0.3 is 5.97 Å². The Morgan fingerprint density at radius 1 is 1.03 bits per heavy atom. The number of aromatic nitrogens is 1. The number of thiazole rings is 1. The molecule has 0 N–H and O–H groups in total. The van der Waals surface area contributed by atoms with E-state index in [4.69, 9.17) is 9.47 Å². The summed E-state index contributed by atoms with van der Waals surface area (Å²) in [7, 11) is 0. The third-order valence-electron chi connectivity index (χ3n) is 6.41. The molecule has 0 aliphatic carbocycles. The summed E-state index contributed by atoms with van der Waals surface area (Å²) >= 11 is 3.59. The van der Waals surface area contributed by atoms with Gasteiger partial charge in [-0.15, -0.1) is 0 Å². The molecule has 1 aliphatic heterocycles. The topological polar surface area (TPSA) is 69.9 Å². The molecule has 0 unspecified atom stereocenters. The van der Waals surface area contributed by atoms with Gasteiger partial charge in [0.2, 0.25) is 0 Å². The second-order valence-electron chi connectivity index (χ2n) is 9.20. The second kappa shape index (κ2) is 11.7. The number of nitrogens with zero attached hydrogens (tertiary/aromatic N) is 2. The van der Waals surface area contributed by atoms with E-state index in [0.717, 1.165) is 28.0 Å². The van der Waals surface area contributed by atoms with Crippen molar-refractivity contribution < 1.29 is 14.3 Å². The Kier molecular flexibility index (Phi) is 8.13. The summed E-state index contributed by atoms with van der Waals surface area (Å²) in [4.78, 5) is 31.9. The molecule has 0 saturated heterocycles. The molecule has 0 amide bonds. The van der Waals surface area contributed by atoms with Gasteiger partial charge in [-0.1, -0.05) is 65.4 Å². The van der Waals surface area contributed by atoms with Crippen molar-refractivity contribution in [2.45, 2.75) is 33.4 Å². The summed E-state index contributed by atoms with van der Waals surface area (Å²) in [6.45, 7) is 6.28. The molecule has 0 bridgehead atoms. The summed E-state index contributed by atoms with van der Waals surface area (Å²) in [5.41, 5.74) is 4.64. The van der Waals surface area contributed by atoms with Crippen molar-refractivity contribution in [3.63, 3.8) is 0 Å². The Balaban J connectivity index is 1.48. The maximum absolute atomic E-state index is 13.7. The summed E-state index contributed by atoms with van der Waals surface area (Å²) < 4.78 is 14.6. The van der Waals surface area contributed by atoms with Crippen LogP contribution in [0.25, 0.3) is 6.08 Å². The van der Waals surface area contributed by atoms with Crippen LogP contribution in [-0.2, 0) is 16.1 Å². The van der Waals surface area contributed by atoms with Crippen LogP contribution < -0.4 is 19.6 Å². The van der Waals surface area contributed by atoms with E-state index in [9.17, 15) is 9.59 Å². The second-order valence-corrected chi connectivity index (χ2v) is 11.5. The molecule has 5 rings (SSSR count).